The predicted molar refractivity (Wildman–Crippen MR) is 106 cm³/mol. The quantitative estimate of drug-likeness (QED) is 0.710. The molecule has 3 N–H and O–H groups in total. The Morgan fingerprint density at radius 1 is 1.31 bits per heavy atom. The minimum absolute atomic E-state index is 0.0861. The zero-order valence-corrected chi connectivity index (χ0v) is 16.6. The molecule has 3 atom stereocenters. The van der Waals surface area contributed by atoms with Gasteiger partial charge in [0, 0.05) is 18.0 Å². The summed E-state index contributed by atoms with van der Waals surface area (Å²) in [5.41, 5.74) is 0. The van der Waals surface area contributed by atoms with Crippen LogP contribution in [0.5, 0.6) is 0 Å². The van der Waals surface area contributed by atoms with Gasteiger partial charge in [0.15, 0.2) is 0 Å². The number of urea groups is 1. The smallest absolute Gasteiger partial charge is 0.314 e. The molecule has 6 heteroatoms. The number of nitrogens with one attached hydrogen (secondary N) is 2. The van der Waals surface area contributed by atoms with E-state index in [1.165, 1.54) is 17.7 Å². The van der Waals surface area contributed by atoms with Crippen molar-refractivity contribution in [3.8, 4) is 0 Å². The minimum atomic E-state index is -0.191. The van der Waals surface area contributed by atoms with E-state index >= 15 is 0 Å². The molecule has 146 valence electrons. The molecule has 2 heterocycles. The Bertz CT molecular complexity index is 543. The summed E-state index contributed by atoms with van der Waals surface area (Å²) in [5, 5.41) is 18.0. The van der Waals surface area contributed by atoms with E-state index in [1.807, 2.05) is 0 Å². The molecule has 1 aliphatic heterocycles. The largest absolute Gasteiger partial charge is 0.393 e. The topological polar surface area (TPSA) is 64.6 Å². The van der Waals surface area contributed by atoms with Crippen LogP contribution in [0.2, 0.25) is 0 Å². The van der Waals surface area contributed by atoms with E-state index in [4.69, 9.17) is 0 Å². The number of rotatable bonds is 6. The van der Waals surface area contributed by atoms with E-state index in [0.29, 0.717) is 19.0 Å². The molecular weight excluding hydrogens is 346 g/mol. The second kappa shape index (κ2) is 9.72. The van der Waals surface area contributed by atoms with Crippen LogP contribution < -0.4 is 10.6 Å². The van der Waals surface area contributed by atoms with Crippen molar-refractivity contribution in [2.24, 2.45) is 11.8 Å². The van der Waals surface area contributed by atoms with E-state index < -0.39 is 0 Å². The van der Waals surface area contributed by atoms with Gasteiger partial charge in [0.05, 0.1) is 12.1 Å². The first-order chi connectivity index (χ1) is 12.6. The number of hydrogen-bond donors (Lipinski definition) is 3. The highest BCUT2D eigenvalue weighted by Crippen LogP contribution is 2.29. The highest BCUT2D eigenvalue weighted by atomic mass is 32.1. The average Bonchev–Trinajstić information content (AvgIpc) is 3.16. The zero-order chi connectivity index (χ0) is 18.4. The number of thiophene rings is 1. The van der Waals surface area contributed by atoms with Crippen LogP contribution in [0.15, 0.2) is 17.5 Å². The number of hydrogen-bond acceptors (Lipinski definition) is 4. The first-order valence-corrected chi connectivity index (χ1v) is 11.0. The Kier molecular flexibility index (Phi) is 7.34. The van der Waals surface area contributed by atoms with Crippen LogP contribution in [-0.4, -0.2) is 48.3 Å². The van der Waals surface area contributed by atoms with Gasteiger partial charge in [0.25, 0.3) is 0 Å². The lowest BCUT2D eigenvalue weighted by Gasteiger charge is -2.36. The van der Waals surface area contributed by atoms with Crippen LogP contribution in [0.4, 0.5) is 4.79 Å². The molecule has 5 nitrogen and oxygen atoms in total. The van der Waals surface area contributed by atoms with Crippen molar-refractivity contribution in [3.63, 3.8) is 0 Å². The van der Waals surface area contributed by atoms with E-state index in [0.717, 1.165) is 44.7 Å². The Morgan fingerprint density at radius 3 is 2.81 bits per heavy atom. The fourth-order valence-corrected chi connectivity index (χ4v) is 5.03. The molecule has 26 heavy (non-hydrogen) atoms. The van der Waals surface area contributed by atoms with Crippen molar-refractivity contribution in [2.75, 3.05) is 26.2 Å². The van der Waals surface area contributed by atoms with Gasteiger partial charge in [0.2, 0.25) is 0 Å². The molecule has 3 rings (SSSR count). The number of carbonyl (C=O) groups excluding carboxylic acids is 1. The maximum absolute atomic E-state index is 12.3. The van der Waals surface area contributed by atoms with Crippen molar-refractivity contribution < 1.29 is 9.90 Å². The summed E-state index contributed by atoms with van der Waals surface area (Å²) in [7, 11) is 0. The summed E-state index contributed by atoms with van der Waals surface area (Å²) < 4.78 is 0. The van der Waals surface area contributed by atoms with Crippen LogP contribution in [0, 0.1) is 11.8 Å². The van der Waals surface area contributed by atoms with Gasteiger partial charge in [0.1, 0.15) is 0 Å². The number of amides is 2. The lowest BCUT2D eigenvalue weighted by molar-refractivity contribution is 0.101. The molecule has 3 unspecified atom stereocenters. The molecule has 1 aromatic rings. The molecule has 0 spiro atoms. The zero-order valence-electron chi connectivity index (χ0n) is 15.8. The van der Waals surface area contributed by atoms with Gasteiger partial charge < -0.3 is 15.7 Å². The Hall–Kier alpha value is -1.11. The maximum Gasteiger partial charge on any atom is 0.314 e. The maximum atomic E-state index is 12.3. The van der Waals surface area contributed by atoms with Gasteiger partial charge >= 0.3 is 6.03 Å². The normalized spacial score (nSPS) is 26.4. The Morgan fingerprint density at radius 2 is 2.12 bits per heavy atom. The second-order valence-corrected chi connectivity index (χ2v) is 9.01. The Labute approximate surface area is 161 Å². The van der Waals surface area contributed by atoms with Crippen molar-refractivity contribution >= 4 is 17.4 Å². The molecule has 2 aliphatic rings. The lowest BCUT2D eigenvalue weighted by atomic mass is 9.87. The third-order valence-electron chi connectivity index (χ3n) is 5.89. The molecule has 1 saturated carbocycles. The van der Waals surface area contributed by atoms with Crippen LogP contribution in [0.1, 0.15) is 56.4 Å². The molecular formula is C20H33N3O2S. The van der Waals surface area contributed by atoms with E-state index in [-0.39, 0.29) is 18.2 Å². The molecule has 1 aromatic heterocycles. The second-order valence-electron chi connectivity index (χ2n) is 8.03. The first-order valence-electron chi connectivity index (χ1n) is 10.1. The van der Waals surface area contributed by atoms with E-state index in [9.17, 15) is 9.90 Å². The SMILES string of the molecule is CC1CCN(C(CNC(=O)NCC2CCCC(O)C2)c2cccs2)CC1. The summed E-state index contributed by atoms with van der Waals surface area (Å²) in [4.78, 5) is 16.1. The van der Waals surface area contributed by atoms with Crippen molar-refractivity contribution in [3.05, 3.63) is 22.4 Å². The number of likely N-dealkylation sites (tertiary alicyclic amines) is 1. The van der Waals surface area contributed by atoms with Crippen LogP contribution in [0.3, 0.4) is 0 Å². The third-order valence-corrected chi connectivity index (χ3v) is 6.87. The predicted octanol–water partition coefficient (Wildman–Crippen LogP) is 3.37. The standard InChI is InChI=1S/C20H33N3O2S/c1-15-7-9-23(10-8-15)18(19-6-3-11-26-19)14-22-20(25)21-13-16-4-2-5-17(24)12-16/h3,6,11,15-18,24H,2,4-5,7-10,12-14H2,1H3,(H2,21,22,25). The lowest BCUT2D eigenvalue weighted by Crippen LogP contribution is -2.45. The van der Waals surface area contributed by atoms with Crippen molar-refractivity contribution in [1.82, 2.24) is 15.5 Å². The van der Waals surface area contributed by atoms with Gasteiger partial charge in [-0.05, 0) is 68.5 Å². The molecule has 1 saturated heterocycles. The highest BCUT2D eigenvalue weighted by molar-refractivity contribution is 7.10. The van der Waals surface area contributed by atoms with Gasteiger partial charge in [-0.25, -0.2) is 4.79 Å². The molecule has 1 aliphatic carbocycles. The monoisotopic (exact) mass is 379 g/mol. The summed E-state index contributed by atoms with van der Waals surface area (Å²) in [6.07, 6.45) is 6.15. The molecule has 0 bridgehead atoms. The fraction of sp³-hybridized carbons (Fsp3) is 0.750. The van der Waals surface area contributed by atoms with Crippen molar-refractivity contribution in [2.45, 2.75) is 57.6 Å². The third kappa shape index (κ3) is 5.69. The van der Waals surface area contributed by atoms with Crippen LogP contribution in [0.25, 0.3) is 0 Å². The van der Waals surface area contributed by atoms with Gasteiger partial charge in [-0.1, -0.05) is 19.4 Å². The summed E-state index contributed by atoms with van der Waals surface area (Å²) in [6, 6.07) is 4.45. The fourth-order valence-electron chi connectivity index (χ4n) is 4.17. The summed E-state index contributed by atoms with van der Waals surface area (Å²) in [5.74, 6) is 1.21. The average molecular weight is 380 g/mol. The van der Waals surface area contributed by atoms with Crippen LogP contribution >= 0.6 is 11.3 Å². The number of aliphatic hydroxyl groups excluding tert-OH is 1. The highest BCUT2D eigenvalue weighted by Gasteiger charge is 2.26. The first kappa shape index (κ1) is 19.6. The van der Waals surface area contributed by atoms with E-state index in [2.05, 4.69) is 40.0 Å². The summed E-state index contributed by atoms with van der Waals surface area (Å²) >= 11 is 1.77. The molecule has 0 aromatic carbocycles. The number of piperidine rings is 1. The molecule has 2 amide bonds. The molecule has 2 fully saturated rings. The van der Waals surface area contributed by atoms with Crippen molar-refractivity contribution in [1.29, 1.82) is 0 Å². The van der Waals surface area contributed by atoms with Gasteiger partial charge in [-0.2, -0.15) is 0 Å². The number of nitrogens with zero attached hydrogens (tertiary/aromatic N) is 1. The van der Waals surface area contributed by atoms with Gasteiger partial charge in [-0.3, -0.25) is 4.90 Å². The number of aliphatic hydroxyl groups is 1. The minimum Gasteiger partial charge on any atom is -0.393 e. The van der Waals surface area contributed by atoms with Gasteiger partial charge in [-0.15, -0.1) is 11.3 Å². The van der Waals surface area contributed by atoms with Crippen LogP contribution in [-0.2, 0) is 0 Å². The Balaban J connectivity index is 1.47. The summed E-state index contributed by atoms with van der Waals surface area (Å²) in [6.45, 7) is 5.84. The van der Waals surface area contributed by atoms with E-state index in [1.54, 1.807) is 11.3 Å². The molecule has 0 radical (unpaired) electrons. The number of carbonyl (C=O) groups is 1.